The van der Waals surface area contributed by atoms with E-state index in [1.54, 1.807) is 19.2 Å². The van der Waals surface area contributed by atoms with Crippen LogP contribution in [0.4, 0.5) is 0 Å². The summed E-state index contributed by atoms with van der Waals surface area (Å²) in [7, 11) is 0. The van der Waals surface area contributed by atoms with Gasteiger partial charge in [-0.25, -0.2) is 9.78 Å². The highest BCUT2D eigenvalue weighted by Crippen LogP contribution is 2.07. The molecule has 1 heterocycles. The molecule has 0 saturated carbocycles. The molecule has 0 amide bonds. The summed E-state index contributed by atoms with van der Waals surface area (Å²) >= 11 is 0. The van der Waals surface area contributed by atoms with Crippen LogP contribution in [0.25, 0.3) is 0 Å². The third kappa shape index (κ3) is 4.95. The Bertz CT molecular complexity index is 400. The topological polar surface area (TPSA) is 76.5 Å². The second kappa shape index (κ2) is 7.42. The average Bonchev–Trinajstić information content (AvgIpc) is 2.35. The third-order valence-electron chi connectivity index (χ3n) is 2.45. The zero-order valence-corrected chi connectivity index (χ0v) is 10.4. The van der Waals surface area contributed by atoms with Crippen LogP contribution in [-0.4, -0.2) is 28.6 Å². The van der Waals surface area contributed by atoms with E-state index in [2.05, 4.69) is 4.98 Å². The minimum Gasteiger partial charge on any atom is -0.477 e. The van der Waals surface area contributed by atoms with Crippen molar-refractivity contribution < 1.29 is 19.4 Å². The molecule has 98 valence electrons. The summed E-state index contributed by atoms with van der Waals surface area (Å²) in [6, 6.07) is 3.24. The van der Waals surface area contributed by atoms with Crippen molar-refractivity contribution in [3.05, 3.63) is 29.6 Å². The first-order valence-corrected chi connectivity index (χ1v) is 5.97. The van der Waals surface area contributed by atoms with Crippen LogP contribution in [-0.2, 0) is 16.0 Å². The normalized spacial score (nSPS) is 10.1. The summed E-state index contributed by atoms with van der Waals surface area (Å²) in [6.45, 7) is 2.20. The lowest BCUT2D eigenvalue weighted by atomic mass is 10.1. The fourth-order valence-corrected chi connectivity index (χ4v) is 1.53. The molecule has 0 spiro atoms. The molecular weight excluding hydrogens is 234 g/mol. The second-order valence-electron chi connectivity index (χ2n) is 3.87. The standard InChI is InChI=1S/C13H17NO4/c1-2-18-12(15)6-4-3-5-10-7-8-11(13(16)17)14-9-10/h7-9H,2-6H2,1H3,(H,16,17). The highest BCUT2D eigenvalue weighted by molar-refractivity contribution is 5.85. The highest BCUT2D eigenvalue weighted by Gasteiger charge is 2.04. The van der Waals surface area contributed by atoms with Gasteiger partial charge in [0.2, 0.25) is 0 Å². The molecule has 0 aromatic carbocycles. The maximum atomic E-state index is 11.1. The molecule has 0 unspecified atom stereocenters. The first-order valence-electron chi connectivity index (χ1n) is 5.97. The first kappa shape index (κ1) is 14.2. The van der Waals surface area contributed by atoms with E-state index in [0.29, 0.717) is 13.0 Å². The summed E-state index contributed by atoms with van der Waals surface area (Å²) in [5.41, 5.74) is 1.02. The zero-order chi connectivity index (χ0) is 13.4. The van der Waals surface area contributed by atoms with Crippen LogP contribution in [0.1, 0.15) is 42.2 Å². The molecule has 1 N–H and O–H groups in total. The lowest BCUT2D eigenvalue weighted by Crippen LogP contribution is -2.03. The van der Waals surface area contributed by atoms with Crippen LogP contribution in [0.5, 0.6) is 0 Å². The lowest BCUT2D eigenvalue weighted by Gasteiger charge is -2.02. The Morgan fingerprint density at radius 2 is 2.11 bits per heavy atom. The summed E-state index contributed by atoms with van der Waals surface area (Å²) in [4.78, 5) is 25.5. The molecule has 0 aliphatic rings. The van der Waals surface area contributed by atoms with Gasteiger partial charge >= 0.3 is 11.9 Å². The van der Waals surface area contributed by atoms with Crippen molar-refractivity contribution in [3.63, 3.8) is 0 Å². The number of nitrogens with zero attached hydrogens (tertiary/aromatic N) is 1. The number of rotatable bonds is 7. The fraction of sp³-hybridized carbons (Fsp3) is 0.462. The van der Waals surface area contributed by atoms with Crippen molar-refractivity contribution in [2.75, 3.05) is 6.61 Å². The summed E-state index contributed by atoms with van der Waals surface area (Å²) in [5.74, 6) is -1.19. The van der Waals surface area contributed by atoms with Gasteiger partial charge in [0.1, 0.15) is 5.69 Å². The molecule has 0 fully saturated rings. The molecule has 5 heteroatoms. The number of esters is 1. The average molecular weight is 251 g/mol. The summed E-state index contributed by atoms with van der Waals surface area (Å²) in [6.07, 6.45) is 4.39. The molecule has 1 aromatic heterocycles. The van der Waals surface area contributed by atoms with Crippen molar-refractivity contribution in [1.82, 2.24) is 4.98 Å². The predicted molar refractivity (Wildman–Crippen MR) is 65.4 cm³/mol. The number of hydrogen-bond acceptors (Lipinski definition) is 4. The van der Waals surface area contributed by atoms with E-state index in [9.17, 15) is 9.59 Å². The van der Waals surface area contributed by atoms with Crippen LogP contribution in [0, 0.1) is 0 Å². The Balaban J connectivity index is 2.27. The number of carboxylic acid groups (broad SMARTS) is 1. The maximum Gasteiger partial charge on any atom is 0.354 e. The van der Waals surface area contributed by atoms with Crippen molar-refractivity contribution in [2.45, 2.75) is 32.6 Å². The highest BCUT2D eigenvalue weighted by atomic mass is 16.5. The van der Waals surface area contributed by atoms with Crippen LogP contribution >= 0.6 is 0 Å². The van der Waals surface area contributed by atoms with Crippen LogP contribution in [0.15, 0.2) is 18.3 Å². The number of aromatic nitrogens is 1. The monoisotopic (exact) mass is 251 g/mol. The smallest absolute Gasteiger partial charge is 0.354 e. The van der Waals surface area contributed by atoms with Crippen molar-refractivity contribution in [3.8, 4) is 0 Å². The SMILES string of the molecule is CCOC(=O)CCCCc1ccc(C(=O)O)nc1. The van der Waals surface area contributed by atoms with Gasteiger partial charge in [0.25, 0.3) is 0 Å². The molecule has 0 bridgehead atoms. The number of aryl methyl sites for hydroxylation is 1. The summed E-state index contributed by atoms with van der Waals surface area (Å²) < 4.78 is 4.82. The number of carbonyl (C=O) groups is 2. The molecular formula is C13H17NO4. The van der Waals surface area contributed by atoms with E-state index in [1.807, 2.05) is 0 Å². The Hall–Kier alpha value is -1.91. The van der Waals surface area contributed by atoms with Gasteiger partial charge in [0, 0.05) is 12.6 Å². The van der Waals surface area contributed by atoms with Gasteiger partial charge in [-0.15, -0.1) is 0 Å². The van der Waals surface area contributed by atoms with Crippen molar-refractivity contribution in [1.29, 1.82) is 0 Å². The van der Waals surface area contributed by atoms with E-state index in [-0.39, 0.29) is 11.7 Å². The number of carbonyl (C=O) groups excluding carboxylic acids is 1. The largest absolute Gasteiger partial charge is 0.477 e. The Labute approximate surface area is 106 Å². The number of pyridine rings is 1. The van der Waals surface area contributed by atoms with Gasteiger partial charge in [-0.3, -0.25) is 4.79 Å². The Kier molecular flexibility index (Phi) is 5.84. The second-order valence-corrected chi connectivity index (χ2v) is 3.87. The van der Waals surface area contributed by atoms with Crippen molar-refractivity contribution in [2.24, 2.45) is 0 Å². The van der Waals surface area contributed by atoms with Crippen LogP contribution < -0.4 is 0 Å². The Morgan fingerprint density at radius 3 is 2.67 bits per heavy atom. The van der Waals surface area contributed by atoms with Gasteiger partial charge in [0.05, 0.1) is 6.61 Å². The minimum absolute atomic E-state index is 0.0465. The Morgan fingerprint density at radius 1 is 1.33 bits per heavy atom. The number of hydrogen-bond donors (Lipinski definition) is 1. The molecule has 1 rings (SSSR count). The van der Waals surface area contributed by atoms with Crippen molar-refractivity contribution >= 4 is 11.9 Å². The van der Waals surface area contributed by atoms with Gasteiger partial charge in [-0.2, -0.15) is 0 Å². The summed E-state index contributed by atoms with van der Waals surface area (Å²) in [5, 5.41) is 8.69. The predicted octanol–water partition coefficient (Wildman–Crippen LogP) is 2.06. The molecule has 1 aromatic rings. The zero-order valence-electron chi connectivity index (χ0n) is 10.4. The number of aromatic carboxylic acids is 1. The van der Waals surface area contributed by atoms with Gasteiger partial charge < -0.3 is 9.84 Å². The molecule has 0 atom stereocenters. The van der Waals surface area contributed by atoms with Crippen LogP contribution in [0.3, 0.4) is 0 Å². The molecule has 0 aliphatic heterocycles. The van der Waals surface area contributed by atoms with E-state index < -0.39 is 5.97 Å². The maximum absolute atomic E-state index is 11.1. The lowest BCUT2D eigenvalue weighted by molar-refractivity contribution is -0.143. The molecule has 0 saturated heterocycles. The van der Waals surface area contributed by atoms with Crippen LogP contribution in [0.2, 0.25) is 0 Å². The number of unbranched alkanes of at least 4 members (excludes halogenated alkanes) is 1. The quantitative estimate of drug-likeness (QED) is 0.593. The third-order valence-corrected chi connectivity index (χ3v) is 2.45. The molecule has 0 aliphatic carbocycles. The van der Waals surface area contributed by atoms with Gasteiger partial charge in [0.15, 0.2) is 0 Å². The molecule has 5 nitrogen and oxygen atoms in total. The molecule has 0 radical (unpaired) electrons. The van der Waals surface area contributed by atoms with E-state index in [0.717, 1.165) is 24.8 Å². The van der Waals surface area contributed by atoms with Gasteiger partial charge in [-0.05, 0) is 37.8 Å². The first-order chi connectivity index (χ1) is 8.63. The fourth-order valence-electron chi connectivity index (χ4n) is 1.53. The molecule has 18 heavy (non-hydrogen) atoms. The van der Waals surface area contributed by atoms with E-state index in [1.165, 1.54) is 6.07 Å². The number of carboxylic acids is 1. The number of ether oxygens (including phenoxy) is 1. The van der Waals surface area contributed by atoms with E-state index >= 15 is 0 Å². The minimum atomic E-state index is -1.02. The van der Waals surface area contributed by atoms with E-state index in [4.69, 9.17) is 9.84 Å². The van der Waals surface area contributed by atoms with Gasteiger partial charge in [-0.1, -0.05) is 6.07 Å².